The van der Waals surface area contributed by atoms with E-state index in [4.69, 9.17) is 10.2 Å². The highest BCUT2D eigenvalue weighted by Crippen LogP contribution is 1.96. The van der Waals surface area contributed by atoms with Gasteiger partial charge in [-0.25, -0.2) is 35.3 Å². The number of carbonyl (C=O) groups is 3. The predicted octanol–water partition coefficient (Wildman–Crippen LogP) is -0.757. The Balaban J connectivity index is -0.00000144. The third-order valence-corrected chi connectivity index (χ3v) is 1.89. The first kappa shape index (κ1) is 22.9. The van der Waals surface area contributed by atoms with Gasteiger partial charge >= 0.3 is 18.2 Å². The molecule has 0 radical (unpaired) electrons. The molecule has 0 aromatic carbocycles. The number of hydrazine groups is 2. The Bertz CT molecular complexity index is 304. The first-order valence-electron chi connectivity index (χ1n) is 5.28. The van der Waals surface area contributed by atoms with E-state index in [9.17, 15) is 14.4 Å². The molecule has 0 bridgehead atoms. The van der Waals surface area contributed by atoms with Crippen molar-refractivity contribution in [2.24, 2.45) is 0 Å². The molecule has 20 heavy (non-hydrogen) atoms. The van der Waals surface area contributed by atoms with Crippen LogP contribution in [0.25, 0.3) is 0 Å². The van der Waals surface area contributed by atoms with E-state index in [0.29, 0.717) is 10.0 Å². The summed E-state index contributed by atoms with van der Waals surface area (Å²) in [7, 11) is 0. The fraction of sp³-hybridized carbons (Fsp3) is 0.667. The van der Waals surface area contributed by atoms with E-state index >= 15 is 0 Å². The van der Waals surface area contributed by atoms with Gasteiger partial charge in [-0.15, -0.1) is 0 Å². The summed E-state index contributed by atoms with van der Waals surface area (Å²) in [5.74, 6) is 0. The lowest BCUT2D eigenvalue weighted by Gasteiger charge is -2.27. The summed E-state index contributed by atoms with van der Waals surface area (Å²) in [5.41, 5.74) is 4.07. The Labute approximate surface area is 115 Å². The van der Waals surface area contributed by atoms with E-state index in [1.807, 2.05) is 10.9 Å². The van der Waals surface area contributed by atoms with Crippen molar-refractivity contribution in [1.82, 2.24) is 20.9 Å². The third kappa shape index (κ3) is 7.23. The highest BCUT2D eigenvalue weighted by molar-refractivity contribution is 5.79. The van der Waals surface area contributed by atoms with Gasteiger partial charge in [0.05, 0.1) is 12.1 Å². The van der Waals surface area contributed by atoms with Gasteiger partial charge < -0.3 is 21.2 Å². The molecule has 0 aromatic rings. The number of amides is 4. The van der Waals surface area contributed by atoms with E-state index in [2.05, 4.69) is 0 Å². The van der Waals surface area contributed by atoms with E-state index in [1.54, 1.807) is 27.7 Å². The molecule has 0 fully saturated rings. The van der Waals surface area contributed by atoms with E-state index in [-0.39, 0.29) is 11.0 Å². The molecule has 0 spiro atoms. The van der Waals surface area contributed by atoms with Gasteiger partial charge in [0, 0.05) is 0 Å². The number of carbonyl (C=O) groups excluding carboxylic acids is 1. The smallest absolute Gasteiger partial charge is 0.426 e. The zero-order valence-electron chi connectivity index (χ0n) is 11.7. The molecule has 0 saturated carbocycles. The molecule has 0 rings (SSSR count). The maximum absolute atomic E-state index is 11.4. The molecule has 0 aliphatic heterocycles. The fourth-order valence-corrected chi connectivity index (χ4v) is 1.04. The average molecular weight is 298 g/mol. The van der Waals surface area contributed by atoms with Crippen LogP contribution in [-0.4, -0.2) is 61.5 Å². The van der Waals surface area contributed by atoms with Crippen LogP contribution in [0.3, 0.4) is 0 Å². The van der Waals surface area contributed by atoms with Gasteiger partial charge in [0.25, 0.3) is 0 Å². The molecule has 0 unspecified atom stereocenters. The first-order chi connectivity index (χ1) is 8.16. The quantitative estimate of drug-likeness (QED) is 0.487. The molecule has 11 heteroatoms. The van der Waals surface area contributed by atoms with Gasteiger partial charge in [-0.3, -0.25) is 0 Å². The Kier molecular flexibility index (Phi) is 11.0. The van der Waals surface area contributed by atoms with E-state index in [0.717, 1.165) is 0 Å². The Morgan fingerprint density at radius 3 is 1.20 bits per heavy atom. The number of nitrogens with zero attached hydrogens (tertiary/aromatic N) is 2. The van der Waals surface area contributed by atoms with Crippen LogP contribution < -0.4 is 10.9 Å². The van der Waals surface area contributed by atoms with Gasteiger partial charge in [0.15, 0.2) is 0 Å². The Morgan fingerprint density at radius 1 is 0.800 bits per heavy atom. The van der Waals surface area contributed by atoms with Crippen molar-refractivity contribution < 1.29 is 35.5 Å². The van der Waals surface area contributed by atoms with E-state index in [1.165, 1.54) is 0 Å². The number of rotatable bonds is 2. The second-order valence-corrected chi connectivity index (χ2v) is 4.05. The topological polar surface area (TPSA) is 185 Å². The van der Waals surface area contributed by atoms with Crippen LogP contribution in [0.2, 0.25) is 0 Å². The predicted molar refractivity (Wildman–Crippen MR) is 68.9 cm³/mol. The minimum Gasteiger partial charge on any atom is -0.464 e. The average Bonchev–Trinajstić information content (AvgIpc) is 2.20. The molecule has 0 aliphatic carbocycles. The van der Waals surface area contributed by atoms with Gasteiger partial charge in [0.1, 0.15) is 0 Å². The highest BCUT2D eigenvalue weighted by atomic mass is 16.4. The summed E-state index contributed by atoms with van der Waals surface area (Å²) >= 11 is 0. The second kappa shape index (κ2) is 9.63. The molecule has 0 saturated heterocycles. The zero-order valence-corrected chi connectivity index (χ0v) is 11.7. The molecular formula is C9H22N4O7. The van der Waals surface area contributed by atoms with Gasteiger partial charge in [-0.2, -0.15) is 0 Å². The normalized spacial score (nSPS) is 9.10. The number of hydrogen-bond donors (Lipinski definition) is 4. The van der Waals surface area contributed by atoms with Crippen molar-refractivity contribution in [3.05, 3.63) is 0 Å². The van der Waals surface area contributed by atoms with Crippen LogP contribution in [0.5, 0.6) is 0 Å². The van der Waals surface area contributed by atoms with Crippen LogP contribution in [0.4, 0.5) is 14.4 Å². The zero-order chi connectivity index (χ0) is 14.5. The lowest BCUT2D eigenvalue weighted by atomic mass is 10.4. The Morgan fingerprint density at radius 2 is 1.05 bits per heavy atom. The first-order valence-corrected chi connectivity index (χ1v) is 5.28. The third-order valence-electron chi connectivity index (χ3n) is 1.89. The largest absolute Gasteiger partial charge is 0.464 e. The van der Waals surface area contributed by atoms with Crippen molar-refractivity contribution in [2.45, 2.75) is 39.8 Å². The number of hydrogen-bond acceptors (Lipinski definition) is 3. The maximum atomic E-state index is 11.4. The molecule has 4 amide bonds. The molecule has 0 heterocycles. The van der Waals surface area contributed by atoms with Crippen molar-refractivity contribution >= 4 is 18.2 Å². The number of carboxylic acid groups (broad SMARTS) is 2. The molecule has 0 aromatic heterocycles. The monoisotopic (exact) mass is 298 g/mol. The SMILES string of the molecule is CC(C)N(NC(=O)NN(C(=O)O)C(C)C)C(=O)O.O.O. The van der Waals surface area contributed by atoms with Crippen LogP contribution >= 0.6 is 0 Å². The summed E-state index contributed by atoms with van der Waals surface area (Å²) in [6.07, 6.45) is -2.68. The fourth-order valence-electron chi connectivity index (χ4n) is 1.04. The number of nitrogens with one attached hydrogen (secondary N) is 2. The van der Waals surface area contributed by atoms with Gasteiger partial charge in [-0.05, 0) is 27.7 Å². The molecular weight excluding hydrogens is 276 g/mol. The van der Waals surface area contributed by atoms with E-state index < -0.39 is 30.3 Å². The van der Waals surface area contributed by atoms with Crippen molar-refractivity contribution in [1.29, 1.82) is 0 Å². The lowest BCUT2D eigenvalue weighted by molar-refractivity contribution is 0.0879. The molecule has 0 atom stereocenters. The summed E-state index contributed by atoms with van der Waals surface area (Å²) in [6.45, 7) is 6.25. The van der Waals surface area contributed by atoms with Crippen molar-refractivity contribution in [3.63, 3.8) is 0 Å². The molecule has 120 valence electrons. The lowest BCUT2D eigenvalue weighted by Crippen LogP contribution is -2.58. The summed E-state index contributed by atoms with van der Waals surface area (Å²) in [5, 5.41) is 18.9. The highest BCUT2D eigenvalue weighted by Gasteiger charge is 2.22. The maximum Gasteiger partial charge on any atom is 0.426 e. The van der Waals surface area contributed by atoms with Crippen LogP contribution in [0, 0.1) is 0 Å². The number of urea groups is 1. The van der Waals surface area contributed by atoms with Crippen LogP contribution in [0.1, 0.15) is 27.7 Å². The standard InChI is InChI=1S/C9H18N4O5.2H2O/c1-5(2)12(8(15)16)10-7(14)11-13(6(3)4)9(17)18;;/h5-6H,1-4H3,(H,15,16)(H,17,18)(H2,10,11,14);2*1H2. The minimum absolute atomic E-state index is 0. The summed E-state index contributed by atoms with van der Waals surface area (Å²) < 4.78 is 0. The van der Waals surface area contributed by atoms with Crippen molar-refractivity contribution in [2.75, 3.05) is 0 Å². The van der Waals surface area contributed by atoms with Crippen molar-refractivity contribution in [3.8, 4) is 0 Å². The molecule has 8 N–H and O–H groups in total. The minimum atomic E-state index is -1.34. The summed E-state index contributed by atoms with van der Waals surface area (Å²) in [6, 6.07) is -1.90. The van der Waals surface area contributed by atoms with Gasteiger partial charge in [0.2, 0.25) is 0 Å². The van der Waals surface area contributed by atoms with Crippen LogP contribution in [-0.2, 0) is 0 Å². The molecule has 0 aliphatic rings. The second-order valence-electron chi connectivity index (χ2n) is 4.05. The Hall–Kier alpha value is -2.27. The van der Waals surface area contributed by atoms with Crippen LogP contribution in [0.15, 0.2) is 0 Å². The molecule has 11 nitrogen and oxygen atoms in total. The summed E-state index contributed by atoms with van der Waals surface area (Å²) in [4.78, 5) is 33.0. The van der Waals surface area contributed by atoms with Gasteiger partial charge in [-0.1, -0.05) is 0 Å².